The highest BCUT2D eigenvalue weighted by Gasteiger charge is 2.26. The highest BCUT2D eigenvalue weighted by Crippen LogP contribution is 2.46. The van der Waals surface area contributed by atoms with E-state index in [2.05, 4.69) is 182 Å². The van der Waals surface area contributed by atoms with Gasteiger partial charge in [-0.05, 0) is 125 Å². The molecule has 3 aliphatic carbocycles. The predicted molar refractivity (Wildman–Crippen MR) is 250 cm³/mol. The third-order valence-corrected chi connectivity index (χ3v) is 12.6. The minimum atomic E-state index is 0.656. The molecular formula is C57H43N3. The Morgan fingerprint density at radius 2 is 1.32 bits per heavy atom. The third kappa shape index (κ3) is 6.16. The Morgan fingerprint density at radius 3 is 2.10 bits per heavy atom. The smallest absolute Gasteiger partial charge is 0.235 e. The van der Waals surface area contributed by atoms with Crippen LogP contribution < -0.4 is 0 Å². The molecule has 0 bridgehead atoms. The van der Waals surface area contributed by atoms with Crippen LogP contribution in [0.15, 0.2) is 186 Å². The summed E-state index contributed by atoms with van der Waals surface area (Å²) in [5.41, 5.74) is 22.0. The maximum atomic E-state index is 5.26. The van der Waals surface area contributed by atoms with Gasteiger partial charge in [-0.3, -0.25) is 4.57 Å². The van der Waals surface area contributed by atoms with Crippen LogP contribution in [-0.2, 0) is 6.42 Å². The van der Waals surface area contributed by atoms with Crippen LogP contribution in [0.1, 0.15) is 56.2 Å². The fraction of sp³-hybridized carbons (Fsp3) is 0.123. The molecule has 6 aromatic carbocycles. The lowest BCUT2D eigenvalue weighted by atomic mass is 9.82. The Labute approximate surface area is 351 Å². The largest absolute Gasteiger partial charge is 0.278 e. The summed E-state index contributed by atoms with van der Waals surface area (Å²) in [7, 11) is 0. The summed E-state index contributed by atoms with van der Waals surface area (Å²) < 4.78 is 2.24. The van der Waals surface area contributed by atoms with Crippen molar-refractivity contribution >= 4 is 27.4 Å². The molecule has 0 radical (unpaired) electrons. The summed E-state index contributed by atoms with van der Waals surface area (Å²) in [6.07, 6.45) is 11.7. The molecule has 0 atom stereocenters. The van der Waals surface area contributed by atoms with Gasteiger partial charge in [0.2, 0.25) is 5.95 Å². The van der Waals surface area contributed by atoms with Gasteiger partial charge in [0.1, 0.15) is 0 Å². The van der Waals surface area contributed by atoms with Crippen molar-refractivity contribution in [1.29, 1.82) is 0 Å². The van der Waals surface area contributed by atoms with Crippen LogP contribution in [0.2, 0.25) is 0 Å². The number of nitrogens with zero attached hydrogens (tertiary/aromatic N) is 3. The zero-order valence-corrected chi connectivity index (χ0v) is 34.0. The average Bonchev–Trinajstić information content (AvgIpc) is 3.84. The standard InChI is InChI=1S/C57H43N3/c1-37-17-12-13-24-45(37)55-38(2)18-6-3-11-25-46(55)42-30-29-41-33-44-23-16-27-47(56(44)49(41)34-42)43-31-32-54-50(35-43)48-26-14-15-28-53(48)60(54)57-58-51(39-19-7-4-8-20-39)36-52(59-57)40-21-9-5-10-22-40/h4-5,7-10,13-16,18-24,26-32,34-36H,6,12,17,25,33H2,1-2H3. The minimum absolute atomic E-state index is 0.656. The molecule has 3 nitrogen and oxygen atoms in total. The van der Waals surface area contributed by atoms with Gasteiger partial charge < -0.3 is 0 Å². The van der Waals surface area contributed by atoms with E-state index in [1.807, 2.05) is 12.1 Å². The second kappa shape index (κ2) is 14.8. The second-order valence-electron chi connectivity index (χ2n) is 16.3. The predicted octanol–water partition coefficient (Wildman–Crippen LogP) is 14.3. The van der Waals surface area contributed by atoms with Gasteiger partial charge in [0.15, 0.2) is 0 Å². The molecule has 11 rings (SSSR count). The first-order chi connectivity index (χ1) is 29.6. The number of hydrogen-bond acceptors (Lipinski definition) is 2. The van der Waals surface area contributed by atoms with E-state index in [1.54, 1.807) is 0 Å². The van der Waals surface area contributed by atoms with Crippen molar-refractivity contribution in [2.24, 2.45) is 0 Å². The Hall–Kier alpha value is -7.28. The van der Waals surface area contributed by atoms with Gasteiger partial charge in [0.05, 0.1) is 22.4 Å². The van der Waals surface area contributed by atoms with Crippen LogP contribution in [0.3, 0.4) is 0 Å². The van der Waals surface area contributed by atoms with Gasteiger partial charge in [0, 0.05) is 34.7 Å². The van der Waals surface area contributed by atoms with Crippen LogP contribution in [0.5, 0.6) is 0 Å². The molecule has 3 heteroatoms. The van der Waals surface area contributed by atoms with E-state index in [0.717, 1.165) is 65.7 Å². The second-order valence-corrected chi connectivity index (χ2v) is 16.3. The first-order valence-electron chi connectivity index (χ1n) is 21.1. The molecule has 0 spiro atoms. The van der Waals surface area contributed by atoms with Crippen molar-refractivity contribution in [2.45, 2.75) is 46.0 Å². The van der Waals surface area contributed by atoms with Crippen molar-refractivity contribution in [3.63, 3.8) is 0 Å². The SMILES string of the molecule is CC1=CCC#CCC(c2ccc3c(c2)-c2c(cccc2-c2ccc4c(c2)c2ccccc2n4-c2nc(-c4ccccc4)cc(-c4ccccc4)n2)C3)=C1C1=C(C)CCC=C1. The number of fused-ring (bicyclic) bond motifs is 6. The molecule has 0 saturated carbocycles. The summed E-state index contributed by atoms with van der Waals surface area (Å²) in [5.74, 6) is 7.58. The maximum absolute atomic E-state index is 5.26. The first kappa shape index (κ1) is 35.8. The molecule has 0 unspecified atom stereocenters. The average molecular weight is 770 g/mol. The van der Waals surface area contributed by atoms with Gasteiger partial charge >= 0.3 is 0 Å². The van der Waals surface area contributed by atoms with E-state index in [0.29, 0.717) is 5.95 Å². The van der Waals surface area contributed by atoms with E-state index in [-0.39, 0.29) is 0 Å². The quantitative estimate of drug-likeness (QED) is 0.158. The molecule has 2 aromatic heterocycles. The lowest BCUT2D eigenvalue weighted by molar-refractivity contribution is 0.942. The number of benzene rings is 6. The van der Waals surface area contributed by atoms with Gasteiger partial charge in [-0.15, -0.1) is 0 Å². The minimum Gasteiger partial charge on any atom is -0.278 e. The normalized spacial score (nSPS) is 14.7. The van der Waals surface area contributed by atoms with E-state index in [4.69, 9.17) is 9.97 Å². The maximum Gasteiger partial charge on any atom is 0.235 e. The van der Waals surface area contributed by atoms with Crippen LogP contribution in [0.4, 0.5) is 0 Å². The van der Waals surface area contributed by atoms with Gasteiger partial charge in [-0.1, -0.05) is 151 Å². The lowest BCUT2D eigenvalue weighted by Gasteiger charge is -2.22. The zero-order valence-electron chi connectivity index (χ0n) is 34.0. The summed E-state index contributed by atoms with van der Waals surface area (Å²) in [6, 6.07) is 52.5. The van der Waals surface area contributed by atoms with Gasteiger partial charge in [-0.25, -0.2) is 9.97 Å². The molecule has 0 aliphatic heterocycles. The number of para-hydroxylation sites is 1. The van der Waals surface area contributed by atoms with Crippen LogP contribution >= 0.6 is 0 Å². The fourth-order valence-corrected chi connectivity index (χ4v) is 9.62. The lowest BCUT2D eigenvalue weighted by Crippen LogP contribution is -2.04. The van der Waals surface area contributed by atoms with Crippen molar-refractivity contribution in [3.8, 4) is 62.6 Å². The zero-order chi connectivity index (χ0) is 40.2. The van der Waals surface area contributed by atoms with E-state index in [9.17, 15) is 0 Å². The van der Waals surface area contributed by atoms with Crippen LogP contribution in [0.25, 0.3) is 78.1 Å². The third-order valence-electron chi connectivity index (χ3n) is 12.6. The Morgan fingerprint density at radius 1 is 0.583 bits per heavy atom. The topological polar surface area (TPSA) is 30.7 Å². The molecule has 8 aromatic rings. The Kier molecular flexibility index (Phi) is 8.86. The highest BCUT2D eigenvalue weighted by molar-refractivity contribution is 6.11. The number of aromatic nitrogens is 3. The Bertz CT molecular complexity index is 3170. The summed E-state index contributed by atoms with van der Waals surface area (Å²) in [4.78, 5) is 10.5. The van der Waals surface area contributed by atoms with Crippen LogP contribution in [-0.4, -0.2) is 14.5 Å². The van der Waals surface area contributed by atoms with Gasteiger partial charge in [-0.2, -0.15) is 0 Å². The summed E-state index contributed by atoms with van der Waals surface area (Å²) in [6.45, 7) is 4.57. The number of rotatable bonds is 6. The van der Waals surface area contributed by atoms with E-state index < -0.39 is 0 Å². The van der Waals surface area contributed by atoms with Crippen molar-refractivity contribution in [3.05, 3.63) is 203 Å². The number of allylic oxidation sites excluding steroid dienone is 8. The molecule has 0 fully saturated rings. The van der Waals surface area contributed by atoms with E-state index >= 15 is 0 Å². The van der Waals surface area contributed by atoms with Gasteiger partial charge in [0.25, 0.3) is 0 Å². The molecule has 286 valence electrons. The monoisotopic (exact) mass is 769 g/mol. The molecule has 60 heavy (non-hydrogen) atoms. The summed E-state index contributed by atoms with van der Waals surface area (Å²) >= 11 is 0. The first-order valence-corrected chi connectivity index (χ1v) is 21.1. The molecule has 0 amide bonds. The highest BCUT2D eigenvalue weighted by atomic mass is 15.2. The fourth-order valence-electron chi connectivity index (χ4n) is 9.62. The van der Waals surface area contributed by atoms with Crippen LogP contribution in [0, 0.1) is 11.8 Å². The van der Waals surface area contributed by atoms with Crippen molar-refractivity contribution in [2.75, 3.05) is 0 Å². The molecule has 2 heterocycles. The summed E-state index contributed by atoms with van der Waals surface area (Å²) in [5, 5.41) is 2.35. The van der Waals surface area contributed by atoms with Crippen molar-refractivity contribution in [1.82, 2.24) is 14.5 Å². The molecule has 0 saturated heterocycles. The van der Waals surface area contributed by atoms with Crippen molar-refractivity contribution < 1.29 is 0 Å². The molecule has 3 aliphatic rings. The van der Waals surface area contributed by atoms with E-state index in [1.165, 1.54) is 77.6 Å². The molecular weight excluding hydrogens is 727 g/mol. The Balaban J connectivity index is 1.07. The number of hydrogen-bond donors (Lipinski definition) is 0. The molecule has 0 N–H and O–H groups in total.